The van der Waals surface area contributed by atoms with Gasteiger partial charge in [-0.3, -0.25) is 4.99 Å². The highest BCUT2D eigenvalue weighted by atomic mass is 15.2. The van der Waals surface area contributed by atoms with E-state index < -0.39 is 0 Å². The zero-order valence-electron chi connectivity index (χ0n) is 28.4. The summed E-state index contributed by atoms with van der Waals surface area (Å²) in [6, 6.07) is 51.4. The molecule has 6 aromatic rings. The van der Waals surface area contributed by atoms with E-state index in [9.17, 15) is 0 Å². The molecule has 0 aromatic heterocycles. The second kappa shape index (κ2) is 12.4. The molecule has 2 aliphatic carbocycles. The Morgan fingerprint density at radius 3 is 1.96 bits per heavy atom. The Labute approximate surface area is 300 Å². The van der Waals surface area contributed by atoms with Crippen LogP contribution >= 0.6 is 0 Å². The lowest BCUT2D eigenvalue weighted by molar-refractivity contribution is 0.557. The fourth-order valence-corrected chi connectivity index (χ4v) is 9.22. The fourth-order valence-electron chi connectivity index (χ4n) is 9.22. The van der Waals surface area contributed by atoms with Crippen molar-refractivity contribution in [2.75, 3.05) is 4.90 Å². The number of para-hydroxylation sites is 1. The number of rotatable bonds is 5. The molecule has 0 bridgehead atoms. The quantitative estimate of drug-likeness (QED) is 0.181. The first-order chi connectivity index (χ1) is 25.3. The molecule has 4 aliphatic rings. The van der Waals surface area contributed by atoms with Gasteiger partial charge in [-0.2, -0.15) is 0 Å². The topological polar surface area (TPSA) is 15.6 Å². The lowest BCUT2D eigenvalue weighted by atomic mass is 9.76. The number of fused-ring (bicyclic) bond motifs is 5. The summed E-state index contributed by atoms with van der Waals surface area (Å²) in [7, 11) is 0. The molecule has 244 valence electrons. The van der Waals surface area contributed by atoms with Crippen molar-refractivity contribution in [1.29, 1.82) is 0 Å². The van der Waals surface area contributed by atoms with Crippen LogP contribution < -0.4 is 4.90 Å². The zero-order chi connectivity index (χ0) is 33.7. The molecule has 2 heterocycles. The number of hydrogen-bond donors (Lipinski definition) is 0. The molecule has 4 unspecified atom stereocenters. The van der Waals surface area contributed by atoms with Crippen LogP contribution in [0.3, 0.4) is 0 Å². The summed E-state index contributed by atoms with van der Waals surface area (Å²) in [4.78, 5) is 7.69. The second-order valence-electron chi connectivity index (χ2n) is 14.1. The number of aliphatic imine (C=N–C) groups is 1. The second-order valence-corrected chi connectivity index (χ2v) is 14.1. The SMILES string of the molecule is C1=Cc2c(c(-c3ccccc3)c3cc(C4=CC5C6C(c7ccccc7)=NC=CC6N(c6ccccc6)C5C=C4)ccc3c2-c2ccccc2)CC1. The van der Waals surface area contributed by atoms with Gasteiger partial charge in [0.15, 0.2) is 0 Å². The molecule has 2 heteroatoms. The number of allylic oxidation sites excluding steroid dienone is 3. The summed E-state index contributed by atoms with van der Waals surface area (Å²) in [5, 5.41) is 2.63. The van der Waals surface area contributed by atoms with Crippen LogP contribution in [-0.2, 0) is 6.42 Å². The Balaban J connectivity index is 1.16. The van der Waals surface area contributed by atoms with Gasteiger partial charge in [0.05, 0.1) is 17.8 Å². The van der Waals surface area contributed by atoms with Crippen LogP contribution in [0.1, 0.15) is 28.7 Å². The Hall–Kier alpha value is -5.99. The summed E-state index contributed by atoms with van der Waals surface area (Å²) < 4.78 is 0. The molecule has 1 saturated heterocycles. The minimum atomic E-state index is 0.213. The number of benzene rings is 6. The number of anilines is 1. The molecule has 2 nitrogen and oxygen atoms in total. The molecule has 0 amide bonds. The van der Waals surface area contributed by atoms with Crippen LogP contribution in [-0.4, -0.2) is 17.8 Å². The van der Waals surface area contributed by atoms with E-state index in [-0.39, 0.29) is 23.9 Å². The first-order valence-corrected chi connectivity index (χ1v) is 18.3. The van der Waals surface area contributed by atoms with E-state index in [1.165, 1.54) is 72.3 Å². The molecule has 4 atom stereocenters. The summed E-state index contributed by atoms with van der Waals surface area (Å²) in [6.07, 6.45) is 18.5. The molecule has 0 radical (unpaired) electrons. The van der Waals surface area contributed by atoms with Crippen LogP contribution in [0.5, 0.6) is 0 Å². The van der Waals surface area contributed by atoms with Gasteiger partial charge in [-0.15, -0.1) is 0 Å². The van der Waals surface area contributed by atoms with Crippen molar-refractivity contribution >= 4 is 33.8 Å². The smallest absolute Gasteiger partial charge is 0.0587 e. The first kappa shape index (κ1) is 29.9. The maximum Gasteiger partial charge on any atom is 0.0587 e. The van der Waals surface area contributed by atoms with E-state index in [0.29, 0.717) is 0 Å². The third-order valence-electron chi connectivity index (χ3n) is 11.4. The van der Waals surface area contributed by atoms with E-state index in [0.717, 1.165) is 12.8 Å². The molecular weight excluding hydrogens is 617 g/mol. The predicted molar refractivity (Wildman–Crippen MR) is 215 cm³/mol. The summed E-state index contributed by atoms with van der Waals surface area (Å²) in [5.41, 5.74) is 14.3. The summed E-state index contributed by atoms with van der Waals surface area (Å²) in [6.45, 7) is 0. The molecule has 0 N–H and O–H groups in total. The minimum Gasteiger partial charge on any atom is -0.357 e. The highest BCUT2D eigenvalue weighted by molar-refractivity contribution is 6.11. The largest absolute Gasteiger partial charge is 0.357 e. The van der Waals surface area contributed by atoms with Gasteiger partial charge in [-0.1, -0.05) is 152 Å². The highest BCUT2D eigenvalue weighted by Gasteiger charge is 2.50. The van der Waals surface area contributed by atoms with Crippen molar-refractivity contribution in [2.24, 2.45) is 16.8 Å². The minimum absolute atomic E-state index is 0.213. The van der Waals surface area contributed by atoms with E-state index in [1.807, 2.05) is 6.20 Å². The lowest BCUT2D eigenvalue weighted by Gasteiger charge is -2.32. The first-order valence-electron chi connectivity index (χ1n) is 18.3. The van der Waals surface area contributed by atoms with Gasteiger partial charge in [0.25, 0.3) is 0 Å². The molecule has 0 saturated carbocycles. The van der Waals surface area contributed by atoms with Crippen molar-refractivity contribution in [3.8, 4) is 22.3 Å². The van der Waals surface area contributed by atoms with Crippen LogP contribution in [0.2, 0.25) is 0 Å². The van der Waals surface area contributed by atoms with Crippen molar-refractivity contribution in [3.05, 3.63) is 198 Å². The third-order valence-corrected chi connectivity index (χ3v) is 11.4. The van der Waals surface area contributed by atoms with Crippen LogP contribution in [0.15, 0.2) is 181 Å². The lowest BCUT2D eigenvalue weighted by Crippen LogP contribution is -2.38. The fraction of sp³-hybridized carbons (Fsp3) is 0.122. The average Bonchev–Trinajstić information content (AvgIpc) is 3.55. The van der Waals surface area contributed by atoms with Crippen LogP contribution in [0, 0.1) is 11.8 Å². The molecule has 10 rings (SSSR count). The van der Waals surface area contributed by atoms with E-state index in [2.05, 4.69) is 181 Å². The number of nitrogens with zero attached hydrogens (tertiary/aromatic N) is 2. The Morgan fingerprint density at radius 1 is 0.569 bits per heavy atom. The molecule has 0 spiro atoms. The molecule has 2 aliphatic heterocycles. The van der Waals surface area contributed by atoms with Gasteiger partial charge < -0.3 is 4.90 Å². The van der Waals surface area contributed by atoms with Gasteiger partial charge in [0.2, 0.25) is 0 Å². The van der Waals surface area contributed by atoms with Crippen LogP contribution in [0.4, 0.5) is 5.69 Å². The van der Waals surface area contributed by atoms with Gasteiger partial charge in [-0.05, 0) is 98.0 Å². The molecular formula is C49H38N2. The maximum absolute atomic E-state index is 5.08. The van der Waals surface area contributed by atoms with Crippen molar-refractivity contribution in [2.45, 2.75) is 24.9 Å². The number of hydrogen-bond acceptors (Lipinski definition) is 2. The standard InChI is InChI=1S/C49H38N2/c1-5-15-33(16-6-1)46-39-23-13-14-24-40(39)47(34-17-7-2-8-18-34)42-31-36(25-27-41(42)46)37-26-28-44-43(32-37)48-45(51(44)38-21-11-4-12-22-38)29-30-50-49(48)35-19-9-3-10-20-35/h1-13,15-23,25-32,43-45,48H,14,24H2. The predicted octanol–water partition coefficient (Wildman–Crippen LogP) is 11.6. The van der Waals surface area contributed by atoms with Gasteiger partial charge in [-0.25, -0.2) is 0 Å². The Morgan fingerprint density at radius 2 is 1.24 bits per heavy atom. The average molecular weight is 655 g/mol. The summed E-state index contributed by atoms with van der Waals surface area (Å²) >= 11 is 0. The Kier molecular flexibility index (Phi) is 7.27. The molecule has 6 aromatic carbocycles. The summed E-state index contributed by atoms with van der Waals surface area (Å²) in [5.74, 6) is 0.489. The van der Waals surface area contributed by atoms with E-state index in [1.54, 1.807) is 0 Å². The van der Waals surface area contributed by atoms with Crippen molar-refractivity contribution in [3.63, 3.8) is 0 Å². The van der Waals surface area contributed by atoms with Crippen molar-refractivity contribution in [1.82, 2.24) is 0 Å². The highest BCUT2D eigenvalue weighted by Crippen LogP contribution is 2.49. The monoisotopic (exact) mass is 654 g/mol. The van der Waals surface area contributed by atoms with E-state index in [4.69, 9.17) is 4.99 Å². The molecule has 1 fully saturated rings. The molecule has 51 heavy (non-hydrogen) atoms. The van der Waals surface area contributed by atoms with Crippen molar-refractivity contribution < 1.29 is 0 Å². The third kappa shape index (κ3) is 4.97. The maximum atomic E-state index is 5.08. The van der Waals surface area contributed by atoms with Gasteiger partial charge >= 0.3 is 0 Å². The normalized spacial score (nSPS) is 21.5. The Bertz CT molecular complexity index is 2420. The van der Waals surface area contributed by atoms with Crippen LogP contribution in [0.25, 0.3) is 44.7 Å². The zero-order valence-corrected chi connectivity index (χ0v) is 28.4. The van der Waals surface area contributed by atoms with Gasteiger partial charge in [0.1, 0.15) is 0 Å². The van der Waals surface area contributed by atoms with Gasteiger partial charge in [0, 0.05) is 23.7 Å². The van der Waals surface area contributed by atoms with E-state index >= 15 is 0 Å².